The molecule has 1 aromatic rings. The van der Waals surface area contributed by atoms with E-state index in [1.807, 2.05) is 0 Å². The van der Waals surface area contributed by atoms with E-state index in [0.29, 0.717) is 0 Å². The molecule has 0 aliphatic carbocycles. The van der Waals surface area contributed by atoms with Gasteiger partial charge in [-0.25, -0.2) is 14.7 Å². The Balaban J connectivity index is 2.24. The monoisotopic (exact) mass is 416 g/mol. The van der Waals surface area contributed by atoms with Gasteiger partial charge in [0, 0.05) is 6.20 Å². The topological polar surface area (TPSA) is 96.2 Å². The summed E-state index contributed by atoms with van der Waals surface area (Å²) in [4.78, 5) is 25.6. The van der Waals surface area contributed by atoms with Crippen molar-refractivity contribution in [2.75, 3.05) is 26.3 Å². The molecule has 0 spiro atoms. The number of hydrogen-bond acceptors (Lipinski definition) is 8. The molecule has 0 saturated carbocycles. The lowest BCUT2D eigenvalue weighted by molar-refractivity contribution is -0.0346. The highest BCUT2D eigenvalue weighted by Crippen LogP contribution is 2.37. The zero-order valence-electron chi connectivity index (χ0n) is 17.4. The zero-order valence-corrected chi connectivity index (χ0v) is 18.4. The lowest BCUT2D eigenvalue weighted by Crippen LogP contribution is -2.43. The Bertz CT molecular complexity index is 765. The Morgan fingerprint density at radius 1 is 1.39 bits per heavy atom. The normalized spacial score (nSPS) is 24.6. The largest absolute Gasteiger partial charge is 0.414 e. The maximum atomic E-state index is 15.0. The van der Waals surface area contributed by atoms with E-state index in [1.165, 1.54) is 26.5 Å². The number of ether oxygens (including phenoxy) is 1. The van der Waals surface area contributed by atoms with Crippen molar-refractivity contribution in [3.63, 3.8) is 0 Å². The molecule has 1 N–H and O–H groups in total. The Labute approximate surface area is 164 Å². The molecule has 1 aliphatic rings. The molecular weight excluding hydrogens is 387 g/mol. The number of rotatable bonds is 7. The molecule has 1 aliphatic heterocycles. The van der Waals surface area contributed by atoms with Gasteiger partial charge in [-0.3, -0.25) is 9.40 Å². The van der Waals surface area contributed by atoms with Gasteiger partial charge in [-0.2, -0.15) is 4.98 Å². The van der Waals surface area contributed by atoms with Crippen LogP contribution in [0.1, 0.15) is 27.0 Å². The highest BCUT2D eigenvalue weighted by molar-refractivity contribution is 6.74. The van der Waals surface area contributed by atoms with E-state index in [9.17, 15) is 4.79 Å². The highest BCUT2D eigenvalue weighted by Gasteiger charge is 2.46. The summed E-state index contributed by atoms with van der Waals surface area (Å²) >= 11 is 0. The van der Waals surface area contributed by atoms with Gasteiger partial charge in [0.1, 0.15) is 18.9 Å². The molecule has 0 radical (unpaired) electrons. The summed E-state index contributed by atoms with van der Waals surface area (Å²) in [6.45, 7) is 10.6. The molecule has 1 fully saturated rings. The molecule has 3 atom stereocenters. The highest BCUT2D eigenvalue weighted by atomic mass is 28.4. The fourth-order valence-electron chi connectivity index (χ4n) is 2.44. The van der Waals surface area contributed by atoms with Crippen LogP contribution in [0, 0.1) is 0 Å². The number of alkyl halides is 1. The third-order valence-electron chi connectivity index (χ3n) is 5.08. The SMILES string of the molecule is CO/N=C1/[C@@H](F)[C@H](n2ccc(NOC)nc2=O)O[C@@H]1CO[Si](C)(C)C(C)(C)C. The van der Waals surface area contributed by atoms with E-state index in [-0.39, 0.29) is 23.2 Å². The van der Waals surface area contributed by atoms with Crippen LogP contribution in [0.3, 0.4) is 0 Å². The molecule has 0 amide bonds. The number of nitrogens with one attached hydrogen (secondary N) is 1. The summed E-state index contributed by atoms with van der Waals surface area (Å²) in [7, 11) is 0.648. The molecule has 158 valence electrons. The van der Waals surface area contributed by atoms with Gasteiger partial charge in [-0.15, -0.1) is 0 Å². The van der Waals surface area contributed by atoms with Crippen LogP contribution in [0.5, 0.6) is 0 Å². The summed E-state index contributed by atoms with van der Waals surface area (Å²) in [6, 6.07) is 1.48. The molecule has 9 nitrogen and oxygen atoms in total. The van der Waals surface area contributed by atoms with Crippen molar-refractivity contribution in [1.82, 2.24) is 9.55 Å². The van der Waals surface area contributed by atoms with Crippen LogP contribution in [-0.4, -0.2) is 56.7 Å². The van der Waals surface area contributed by atoms with Gasteiger partial charge in [-0.05, 0) is 24.2 Å². The van der Waals surface area contributed by atoms with E-state index in [4.69, 9.17) is 18.8 Å². The van der Waals surface area contributed by atoms with Gasteiger partial charge < -0.3 is 14.0 Å². The second-order valence-electron chi connectivity index (χ2n) is 8.00. The lowest BCUT2D eigenvalue weighted by atomic mass is 10.2. The second-order valence-corrected chi connectivity index (χ2v) is 12.8. The minimum absolute atomic E-state index is 0.0102. The van der Waals surface area contributed by atoms with Crippen LogP contribution in [0.2, 0.25) is 18.1 Å². The third-order valence-corrected chi connectivity index (χ3v) is 9.58. The first kappa shape index (κ1) is 22.5. The number of anilines is 1. The number of nitrogens with zero attached hydrogens (tertiary/aromatic N) is 3. The molecule has 28 heavy (non-hydrogen) atoms. The molecule has 0 unspecified atom stereocenters. The van der Waals surface area contributed by atoms with Crippen LogP contribution in [0.25, 0.3) is 0 Å². The molecule has 1 saturated heterocycles. The Hall–Kier alpha value is -1.82. The van der Waals surface area contributed by atoms with Gasteiger partial charge in [0.15, 0.2) is 26.5 Å². The average molecular weight is 417 g/mol. The Morgan fingerprint density at radius 3 is 2.61 bits per heavy atom. The van der Waals surface area contributed by atoms with E-state index < -0.39 is 32.5 Å². The molecule has 11 heteroatoms. The smallest absolute Gasteiger partial charge is 0.351 e. The van der Waals surface area contributed by atoms with Crippen LogP contribution >= 0.6 is 0 Å². The van der Waals surface area contributed by atoms with Gasteiger partial charge in [0.2, 0.25) is 0 Å². The quantitative estimate of drug-likeness (QED) is 0.539. The third kappa shape index (κ3) is 4.77. The van der Waals surface area contributed by atoms with Crippen molar-refractivity contribution in [2.24, 2.45) is 5.16 Å². The zero-order chi connectivity index (χ0) is 21.1. The summed E-state index contributed by atoms with van der Waals surface area (Å²) in [5.41, 5.74) is 1.82. The van der Waals surface area contributed by atoms with Crippen molar-refractivity contribution >= 4 is 19.8 Å². The number of halogens is 1. The first-order valence-electron chi connectivity index (χ1n) is 8.94. The fraction of sp³-hybridized carbons (Fsp3) is 0.706. The van der Waals surface area contributed by atoms with Crippen LogP contribution in [0.15, 0.2) is 22.2 Å². The maximum absolute atomic E-state index is 15.0. The van der Waals surface area contributed by atoms with Crippen molar-refractivity contribution in [3.05, 3.63) is 22.7 Å². The number of hydrogen-bond donors (Lipinski definition) is 1. The van der Waals surface area contributed by atoms with Crippen LogP contribution < -0.4 is 11.2 Å². The minimum atomic E-state index is -2.08. The Kier molecular flexibility index (Phi) is 6.96. The maximum Gasteiger partial charge on any atom is 0.351 e. The van der Waals surface area contributed by atoms with Crippen molar-refractivity contribution in [1.29, 1.82) is 0 Å². The summed E-state index contributed by atoms with van der Waals surface area (Å²) < 4.78 is 28.1. The molecule has 2 rings (SSSR count). The van der Waals surface area contributed by atoms with E-state index in [0.717, 1.165) is 4.57 Å². The molecule has 0 aromatic carbocycles. The first-order chi connectivity index (χ1) is 13.0. The van der Waals surface area contributed by atoms with Crippen LogP contribution in [0.4, 0.5) is 10.2 Å². The number of aromatic nitrogens is 2. The van der Waals surface area contributed by atoms with E-state index >= 15 is 4.39 Å². The van der Waals surface area contributed by atoms with Crippen molar-refractivity contribution in [3.8, 4) is 0 Å². The van der Waals surface area contributed by atoms with Gasteiger partial charge in [0.25, 0.3) is 0 Å². The van der Waals surface area contributed by atoms with Gasteiger partial charge in [-0.1, -0.05) is 25.9 Å². The standard InChI is InChI=1S/C17H29FN4O5Si/c1-17(2,3)28(6,7)26-10-11-14(21-25-5)13(18)15(27-11)22-9-8-12(20-24-4)19-16(22)23/h8-9,11,13,15H,10H2,1-7H3,(H,19,20,23)/b21-14+/t11-,13-,15-/m1/s1. The summed E-state index contributed by atoms with van der Waals surface area (Å²) in [6.07, 6.45) is -2.26. The van der Waals surface area contributed by atoms with Crippen molar-refractivity contribution in [2.45, 2.75) is 57.4 Å². The van der Waals surface area contributed by atoms with Gasteiger partial charge >= 0.3 is 5.69 Å². The minimum Gasteiger partial charge on any atom is -0.414 e. The second kappa shape index (κ2) is 8.68. The number of oxime groups is 1. The molecule has 1 aromatic heterocycles. The van der Waals surface area contributed by atoms with Gasteiger partial charge in [0.05, 0.1) is 13.7 Å². The molecule has 0 bridgehead atoms. The van der Waals surface area contributed by atoms with Crippen molar-refractivity contribution < 1.29 is 23.2 Å². The van der Waals surface area contributed by atoms with E-state index in [2.05, 4.69) is 49.5 Å². The molecular formula is C17H29FN4O5Si. The first-order valence-corrected chi connectivity index (χ1v) is 11.8. The lowest BCUT2D eigenvalue weighted by Gasteiger charge is -2.36. The Morgan fingerprint density at radius 2 is 2.07 bits per heavy atom. The predicted molar refractivity (Wildman–Crippen MR) is 106 cm³/mol. The fourth-order valence-corrected chi connectivity index (χ4v) is 3.45. The van der Waals surface area contributed by atoms with Crippen LogP contribution in [-0.2, 0) is 18.8 Å². The predicted octanol–water partition coefficient (Wildman–Crippen LogP) is 2.48. The van der Waals surface area contributed by atoms with E-state index in [1.54, 1.807) is 0 Å². The molecule has 2 heterocycles. The summed E-state index contributed by atoms with van der Waals surface area (Å²) in [5.74, 6) is 0.209. The average Bonchev–Trinajstić information content (AvgIpc) is 2.89. The summed E-state index contributed by atoms with van der Waals surface area (Å²) in [5, 5.41) is 3.78.